The maximum absolute atomic E-state index is 10.0. The van der Waals surface area contributed by atoms with E-state index in [1.54, 1.807) is 7.11 Å². The van der Waals surface area contributed by atoms with Gasteiger partial charge in [-0.25, -0.2) is 0 Å². The Morgan fingerprint density at radius 2 is 2.07 bits per heavy atom. The molecule has 3 heteroatoms. The second-order valence-electron chi connectivity index (χ2n) is 5.74. The van der Waals surface area contributed by atoms with E-state index in [0.717, 1.165) is 39.1 Å². The Kier molecular flexibility index (Phi) is 3.06. The Bertz CT molecular complexity index is 224. The van der Waals surface area contributed by atoms with Crippen molar-refractivity contribution >= 4 is 0 Å². The van der Waals surface area contributed by atoms with Crippen molar-refractivity contribution in [1.82, 2.24) is 4.90 Å². The van der Waals surface area contributed by atoms with Crippen molar-refractivity contribution in [3.8, 4) is 0 Å². The number of rotatable bonds is 4. The molecule has 2 rings (SSSR count). The number of aliphatic hydroxyl groups is 1. The van der Waals surface area contributed by atoms with Gasteiger partial charge < -0.3 is 9.84 Å². The Morgan fingerprint density at radius 1 is 1.33 bits per heavy atom. The molecule has 1 saturated carbocycles. The van der Waals surface area contributed by atoms with Crippen LogP contribution in [0.1, 0.15) is 32.6 Å². The van der Waals surface area contributed by atoms with Gasteiger partial charge in [-0.1, -0.05) is 0 Å². The third kappa shape index (κ3) is 2.92. The first-order valence-electron chi connectivity index (χ1n) is 5.99. The molecule has 88 valence electrons. The molecular formula is C12H23NO2. The number of ether oxygens (including phenoxy) is 1. The fourth-order valence-corrected chi connectivity index (χ4v) is 2.76. The van der Waals surface area contributed by atoms with E-state index in [1.807, 2.05) is 6.92 Å². The summed E-state index contributed by atoms with van der Waals surface area (Å²) in [5, 5.41) is 10.0. The number of methoxy groups -OCH3 is 1. The average molecular weight is 213 g/mol. The fourth-order valence-electron chi connectivity index (χ4n) is 2.76. The molecule has 0 radical (unpaired) electrons. The maximum Gasteiger partial charge on any atom is 0.0746 e. The summed E-state index contributed by atoms with van der Waals surface area (Å²) in [5.41, 5.74) is -0.0520. The van der Waals surface area contributed by atoms with Crippen molar-refractivity contribution in [2.45, 2.75) is 38.2 Å². The van der Waals surface area contributed by atoms with Gasteiger partial charge in [-0.3, -0.25) is 4.90 Å². The minimum Gasteiger partial charge on any atom is -0.389 e. The standard InChI is InChI=1S/C12H23NO2/c1-11(14)4-3-7-13(8-11)9-12(5-6-12)10-15-2/h14H,3-10H2,1-2H3. The van der Waals surface area contributed by atoms with E-state index >= 15 is 0 Å². The Labute approximate surface area is 92.4 Å². The normalized spacial score (nSPS) is 35.4. The first-order valence-corrected chi connectivity index (χ1v) is 5.99. The van der Waals surface area contributed by atoms with Gasteiger partial charge in [0.15, 0.2) is 0 Å². The highest BCUT2D eigenvalue weighted by molar-refractivity contribution is 4.97. The highest BCUT2D eigenvalue weighted by Gasteiger charge is 2.45. The minimum absolute atomic E-state index is 0.419. The molecule has 2 fully saturated rings. The van der Waals surface area contributed by atoms with Gasteiger partial charge in [-0.15, -0.1) is 0 Å². The van der Waals surface area contributed by atoms with Crippen molar-refractivity contribution < 1.29 is 9.84 Å². The highest BCUT2D eigenvalue weighted by atomic mass is 16.5. The van der Waals surface area contributed by atoms with Crippen LogP contribution in [0.25, 0.3) is 0 Å². The maximum atomic E-state index is 10.0. The first-order chi connectivity index (χ1) is 7.05. The predicted octanol–water partition coefficient (Wildman–Crippen LogP) is 1.26. The summed E-state index contributed by atoms with van der Waals surface area (Å²) in [4.78, 5) is 2.41. The zero-order valence-electron chi connectivity index (χ0n) is 9.96. The van der Waals surface area contributed by atoms with Crippen LogP contribution >= 0.6 is 0 Å². The predicted molar refractivity (Wildman–Crippen MR) is 59.8 cm³/mol. The lowest BCUT2D eigenvalue weighted by Crippen LogP contribution is -2.48. The van der Waals surface area contributed by atoms with Crippen LogP contribution in [0.2, 0.25) is 0 Å². The molecule has 1 saturated heterocycles. The van der Waals surface area contributed by atoms with Crippen LogP contribution in [0.5, 0.6) is 0 Å². The fraction of sp³-hybridized carbons (Fsp3) is 1.00. The molecule has 3 nitrogen and oxygen atoms in total. The first kappa shape index (κ1) is 11.4. The number of likely N-dealkylation sites (tertiary alicyclic amines) is 1. The van der Waals surface area contributed by atoms with Gasteiger partial charge in [0.1, 0.15) is 0 Å². The second kappa shape index (κ2) is 4.04. The summed E-state index contributed by atoms with van der Waals surface area (Å²) in [6, 6.07) is 0. The molecule has 0 bridgehead atoms. The molecule has 2 aliphatic rings. The van der Waals surface area contributed by atoms with E-state index in [2.05, 4.69) is 4.90 Å². The molecule has 0 aromatic carbocycles. The topological polar surface area (TPSA) is 32.7 Å². The van der Waals surface area contributed by atoms with Gasteiger partial charge in [0.05, 0.1) is 12.2 Å². The molecule has 15 heavy (non-hydrogen) atoms. The summed E-state index contributed by atoms with van der Waals surface area (Å²) in [6.45, 7) is 5.91. The van der Waals surface area contributed by atoms with E-state index in [9.17, 15) is 5.11 Å². The molecule has 1 N–H and O–H groups in total. The molecule has 1 unspecified atom stereocenters. The second-order valence-corrected chi connectivity index (χ2v) is 5.74. The van der Waals surface area contributed by atoms with Crippen LogP contribution in [0.4, 0.5) is 0 Å². The quantitative estimate of drug-likeness (QED) is 0.763. The van der Waals surface area contributed by atoms with Gasteiger partial charge in [0, 0.05) is 25.6 Å². The molecule has 0 aromatic heterocycles. The zero-order valence-corrected chi connectivity index (χ0v) is 9.96. The third-order valence-electron chi connectivity index (χ3n) is 3.72. The summed E-state index contributed by atoms with van der Waals surface area (Å²) in [7, 11) is 1.78. The monoisotopic (exact) mass is 213 g/mol. The van der Waals surface area contributed by atoms with Crippen LogP contribution in [0.15, 0.2) is 0 Å². The molecular weight excluding hydrogens is 190 g/mol. The number of nitrogens with zero attached hydrogens (tertiary/aromatic N) is 1. The summed E-state index contributed by atoms with van der Waals surface area (Å²) >= 11 is 0. The number of hydrogen-bond donors (Lipinski definition) is 1. The third-order valence-corrected chi connectivity index (χ3v) is 3.72. The molecule has 0 amide bonds. The van der Waals surface area contributed by atoms with Gasteiger partial charge in [0.25, 0.3) is 0 Å². The van der Waals surface area contributed by atoms with Crippen molar-refractivity contribution in [2.24, 2.45) is 5.41 Å². The zero-order chi connectivity index (χ0) is 10.9. The lowest BCUT2D eigenvalue weighted by Gasteiger charge is -2.38. The van der Waals surface area contributed by atoms with Crippen molar-refractivity contribution in [3.63, 3.8) is 0 Å². The van der Waals surface area contributed by atoms with Crippen LogP contribution in [-0.2, 0) is 4.74 Å². The minimum atomic E-state index is -0.471. The number of piperidine rings is 1. The lowest BCUT2D eigenvalue weighted by molar-refractivity contribution is -0.0258. The van der Waals surface area contributed by atoms with Crippen LogP contribution in [-0.4, -0.2) is 49.0 Å². The molecule has 0 aromatic rings. The Hall–Kier alpha value is -0.120. The van der Waals surface area contributed by atoms with E-state index in [0.29, 0.717) is 5.41 Å². The molecule has 1 aliphatic carbocycles. The van der Waals surface area contributed by atoms with E-state index in [4.69, 9.17) is 4.74 Å². The smallest absolute Gasteiger partial charge is 0.0746 e. The Balaban J connectivity index is 1.84. The van der Waals surface area contributed by atoms with Crippen LogP contribution in [0.3, 0.4) is 0 Å². The van der Waals surface area contributed by atoms with E-state index in [-0.39, 0.29) is 0 Å². The Morgan fingerprint density at radius 3 is 2.60 bits per heavy atom. The van der Waals surface area contributed by atoms with Crippen LogP contribution in [0, 0.1) is 5.41 Å². The summed E-state index contributed by atoms with van der Waals surface area (Å²) < 4.78 is 5.27. The molecule has 1 atom stereocenters. The van der Waals surface area contributed by atoms with Crippen molar-refractivity contribution in [2.75, 3.05) is 33.4 Å². The number of hydrogen-bond acceptors (Lipinski definition) is 3. The van der Waals surface area contributed by atoms with Gasteiger partial charge >= 0.3 is 0 Å². The molecule has 1 heterocycles. The van der Waals surface area contributed by atoms with E-state index in [1.165, 1.54) is 12.8 Å². The molecule has 1 aliphatic heterocycles. The van der Waals surface area contributed by atoms with Crippen molar-refractivity contribution in [1.29, 1.82) is 0 Å². The van der Waals surface area contributed by atoms with Gasteiger partial charge in [-0.2, -0.15) is 0 Å². The molecule has 0 spiro atoms. The number of β-amino-alcohol motifs (C(OH)–C–C–N with tert-alkyl or cyclic N) is 1. The van der Waals surface area contributed by atoms with E-state index < -0.39 is 5.60 Å². The van der Waals surface area contributed by atoms with Crippen molar-refractivity contribution in [3.05, 3.63) is 0 Å². The summed E-state index contributed by atoms with van der Waals surface area (Å²) in [6.07, 6.45) is 4.65. The van der Waals surface area contributed by atoms with Gasteiger partial charge in [0.2, 0.25) is 0 Å². The lowest BCUT2D eigenvalue weighted by atomic mass is 9.94. The van der Waals surface area contributed by atoms with Gasteiger partial charge in [-0.05, 0) is 39.2 Å². The SMILES string of the molecule is COCC1(CN2CCCC(C)(O)C2)CC1. The van der Waals surface area contributed by atoms with Crippen LogP contribution < -0.4 is 0 Å². The highest BCUT2D eigenvalue weighted by Crippen LogP contribution is 2.46. The largest absolute Gasteiger partial charge is 0.389 e. The summed E-state index contributed by atoms with van der Waals surface area (Å²) in [5.74, 6) is 0. The average Bonchev–Trinajstić information content (AvgIpc) is 2.83.